The fourth-order valence-electron chi connectivity index (χ4n) is 4.00. The molecule has 0 aliphatic heterocycles. The average Bonchev–Trinajstić information content (AvgIpc) is 2.74. The number of hydrogen-bond acceptors (Lipinski definition) is 3. The predicted octanol–water partition coefficient (Wildman–Crippen LogP) is 7.38. The van der Waals surface area contributed by atoms with E-state index in [0.29, 0.717) is 0 Å². The lowest BCUT2D eigenvalue weighted by atomic mass is 9.91. The molecule has 1 rings (SSSR count). The molecule has 0 bridgehead atoms. The molecule has 3 nitrogen and oxygen atoms in total. The van der Waals surface area contributed by atoms with Gasteiger partial charge in [0, 0.05) is 27.2 Å². The van der Waals surface area contributed by atoms with Crippen LogP contribution in [0.15, 0.2) is 24.3 Å². The van der Waals surface area contributed by atoms with Gasteiger partial charge in [-0.05, 0) is 43.4 Å². The number of hydrogen-bond donors (Lipinski definition) is 0. The van der Waals surface area contributed by atoms with E-state index in [2.05, 4.69) is 6.92 Å². The van der Waals surface area contributed by atoms with Crippen LogP contribution in [0.1, 0.15) is 82.3 Å². The van der Waals surface area contributed by atoms with Crippen LogP contribution in [0.5, 0.6) is 0 Å². The molecule has 1 aromatic rings. The molecule has 0 saturated heterocycles. The topological polar surface area (TPSA) is 27.7 Å². The third-order valence-corrected chi connectivity index (χ3v) is 5.81. The molecular weight excluding hydrogens is 393 g/mol. The molecule has 0 spiro atoms. The van der Waals surface area contributed by atoms with Crippen LogP contribution in [-0.4, -0.2) is 27.3 Å². The first-order valence-corrected chi connectivity index (χ1v) is 11.1. The van der Waals surface area contributed by atoms with Gasteiger partial charge in [-0.25, -0.2) is 0 Å². The van der Waals surface area contributed by atoms with Crippen molar-refractivity contribution in [1.29, 1.82) is 0 Å². The first kappa shape index (κ1) is 26.9. The van der Waals surface area contributed by atoms with Crippen LogP contribution in [0.25, 0.3) is 0 Å². The first-order valence-electron chi connectivity index (χ1n) is 11.1. The van der Waals surface area contributed by atoms with Gasteiger partial charge in [-0.2, -0.15) is 13.2 Å². The molecule has 0 radical (unpaired) electrons. The van der Waals surface area contributed by atoms with E-state index in [1.807, 2.05) is 0 Å². The molecule has 0 aromatic heterocycles. The summed E-state index contributed by atoms with van der Waals surface area (Å²) in [6, 6.07) is 5.45. The second kappa shape index (κ2) is 14.0. The van der Waals surface area contributed by atoms with Crippen molar-refractivity contribution in [3.05, 3.63) is 35.4 Å². The van der Waals surface area contributed by atoms with Crippen LogP contribution in [0.3, 0.4) is 0 Å². The lowest BCUT2D eigenvalue weighted by molar-refractivity contribution is -0.380. The first-order chi connectivity index (χ1) is 14.3. The zero-order valence-electron chi connectivity index (χ0n) is 19.0. The minimum absolute atomic E-state index is 0.108. The monoisotopic (exact) mass is 432 g/mol. The molecule has 174 valence electrons. The summed E-state index contributed by atoms with van der Waals surface area (Å²) in [4.78, 5) is 0. The lowest BCUT2D eigenvalue weighted by Crippen LogP contribution is -2.44. The summed E-state index contributed by atoms with van der Waals surface area (Å²) in [5, 5.41) is 0. The maximum atomic E-state index is 12.7. The second-order valence-corrected chi connectivity index (χ2v) is 7.91. The van der Waals surface area contributed by atoms with Gasteiger partial charge in [-0.1, -0.05) is 64.0 Å². The second-order valence-electron chi connectivity index (χ2n) is 7.91. The Hall–Kier alpha value is -1.11. The van der Waals surface area contributed by atoms with E-state index in [-0.39, 0.29) is 5.92 Å². The Bertz CT molecular complexity index is 546. The highest BCUT2D eigenvalue weighted by molar-refractivity contribution is 5.24. The lowest BCUT2D eigenvalue weighted by Gasteiger charge is -2.36. The van der Waals surface area contributed by atoms with E-state index in [1.54, 1.807) is 33.5 Å². The molecule has 1 atom stereocenters. The Kier molecular flexibility index (Phi) is 12.6. The van der Waals surface area contributed by atoms with Crippen LogP contribution in [0.2, 0.25) is 0 Å². The molecule has 6 heteroatoms. The smallest absolute Gasteiger partial charge is 0.331 e. The standard InChI is InChI=1S/C24H39F3O3/c1-5-6-7-8-9-10-14-22(24(28-2,29-3)30-4)15-12-11-13-20-16-18-21(19-17-20)23(25,26)27/h16-19,22H,5-15H2,1-4H3. The highest BCUT2D eigenvalue weighted by Gasteiger charge is 2.39. The summed E-state index contributed by atoms with van der Waals surface area (Å²) >= 11 is 0. The Morgan fingerprint density at radius 1 is 0.733 bits per heavy atom. The molecule has 1 aromatic carbocycles. The van der Waals surface area contributed by atoms with Gasteiger partial charge in [-0.3, -0.25) is 0 Å². The molecule has 0 aliphatic rings. The quantitative estimate of drug-likeness (QED) is 0.201. The summed E-state index contributed by atoms with van der Waals surface area (Å²) in [5.74, 6) is -0.936. The highest BCUT2D eigenvalue weighted by Crippen LogP contribution is 2.33. The number of halogens is 3. The van der Waals surface area contributed by atoms with Gasteiger partial charge in [0.25, 0.3) is 5.97 Å². The van der Waals surface area contributed by atoms with Gasteiger partial charge in [0.05, 0.1) is 5.56 Å². The van der Waals surface area contributed by atoms with Gasteiger partial charge < -0.3 is 14.2 Å². The van der Waals surface area contributed by atoms with Crippen molar-refractivity contribution in [2.24, 2.45) is 5.92 Å². The third kappa shape index (κ3) is 8.94. The number of unbranched alkanes of at least 4 members (excludes halogenated alkanes) is 6. The van der Waals surface area contributed by atoms with Crippen LogP contribution >= 0.6 is 0 Å². The van der Waals surface area contributed by atoms with Crippen LogP contribution in [0.4, 0.5) is 13.2 Å². The number of methoxy groups -OCH3 is 3. The molecule has 0 amide bonds. The Morgan fingerprint density at radius 2 is 1.23 bits per heavy atom. The van der Waals surface area contributed by atoms with Crippen molar-refractivity contribution in [1.82, 2.24) is 0 Å². The van der Waals surface area contributed by atoms with Gasteiger partial charge in [-0.15, -0.1) is 0 Å². The molecule has 0 N–H and O–H groups in total. The minimum Gasteiger partial charge on any atom is -0.331 e. The summed E-state index contributed by atoms with van der Waals surface area (Å²) in [6.07, 6.45) is 7.46. The van der Waals surface area contributed by atoms with Crippen molar-refractivity contribution < 1.29 is 27.4 Å². The van der Waals surface area contributed by atoms with Crippen molar-refractivity contribution in [3.8, 4) is 0 Å². The average molecular weight is 433 g/mol. The van der Waals surface area contributed by atoms with Gasteiger partial charge in [0.2, 0.25) is 0 Å². The SMILES string of the molecule is CCCCCCCCC(CCCCc1ccc(C(F)(F)F)cc1)C(OC)(OC)OC. The van der Waals surface area contributed by atoms with Gasteiger partial charge in [0.15, 0.2) is 0 Å². The molecule has 0 aliphatic carbocycles. The van der Waals surface area contributed by atoms with Crippen LogP contribution in [0, 0.1) is 5.92 Å². The van der Waals surface area contributed by atoms with Crippen molar-refractivity contribution in [2.45, 2.75) is 89.7 Å². The molecule has 0 fully saturated rings. The Balaban J connectivity index is 2.53. The van der Waals surface area contributed by atoms with E-state index in [4.69, 9.17) is 14.2 Å². The number of rotatable bonds is 16. The molecule has 0 heterocycles. The number of alkyl halides is 3. The van der Waals surface area contributed by atoms with Gasteiger partial charge in [0.1, 0.15) is 0 Å². The number of aryl methyl sites for hydroxylation is 1. The molecule has 0 saturated carbocycles. The van der Waals surface area contributed by atoms with E-state index in [9.17, 15) is 13.2 Å². The minimum atomic E-state index is -4.29. The largest absolute Gasteiger partial charge is 0.416 e. The van der Waals surface area contributed by atoms with Crippen molar-refractivity contribution in [2.75, 3.05) is 21.3 Å². The maximum absolute atomic E-state index is 12.7. The summed E-state index contributed by atoms with van der Waals surface area (Å²) in [6.45, 7) is 2.21. The molecular formula is C24H39F3O3. The Morgan fingerprint density at radius 3 is 1.73 bits per heavy atom. The predicted molar refractivity (Wildman–Crippen MR) is 114 cm³/mol. The van der Waals surface area contributed by atoms with E-state index < -0.39 is 17.7 Å². The van der Waals surface area contributed by atoms with Gasteiger partial charge >= 0.3 is 6.18 Å². The fraction of sp³-hybridized carbons (Fsp3) is 0.750. The molecule has 1 unspecified atom stereocenters. The van der Waals surface area contributed by atoms with Crippen molar-refractivity contribution >= 4 is 0 Å². The summed E-state index contributed by atoms with van der Waals surface area (Å²) < 4.78 is 54.9. The van der Waals surface area contributed by atoms with Crippen molar-refractivity contribution in [3.63, 3.8) is 0 Å². The fourth-order valence-corrected chi connectivity index (χ4v) is 4.00. The maximum Gasteiger partial charge on any atom is 0.416 e. The zero-order valence-corrected chi connectivity index (χ0v) is 19.0. The molecule has 30 heavy (non-hydrogen) atoms. The summed E-state index contributed by atoms with van der Waals surface area (Å²) in [5.41, 5.74) is 0.322. The number of benzene rings is 1. The number of ether oxygens (including phenoxy) is 3. The van der Waals surface area contributed by atoms with Crippen LogP contribution in [-0.2, 0) is 26.8 Å². The third-order valence-electron chi connectivity index (χ3n) is 5.81. The van der Waals surface area contributed by atoms with E-state index >= 15 is 0 Å². The van der Waals surface area contributed by atoms with Crippen LogP contribution < -0.4 is 0 Å². The Labute approximate surface area is 180 Å². The normalized spacial score (nSPS) is 13.6. The van der Waals surface area contributed by atoms with E-state index in [1.165, 1.54) is 32.1 Å². The summed E-state index contributed by atoms with van der Waals surface area (Å²) in [7, 11) is 4.80. The van der Waals surface area contributed by atoms with E-state index in [0.717, 1.165) is 56.2 Å². The highest BCUT2D eigenvalue weighted by atomic mass is 19.4. The zero-order chi connectivity index (χ0) is 22.5.